The maximum absolute atomic E-state index is 12.1. The van der Waals surface area contributed by atoms with Crippen molar-refractivity contribution in [2.75, 3.05) is 0 Å². The average Bonchev–Trinajstić information content (AvgIpc) is 3.28. The van der Waals surface area contributed by atoms with E-state index >= 15 is 0 Å². The Balaban J connectivity index is 1.38. The lowest BCUT2D eigenvalue weighted by molar-refractivity contribution is -0.120. The number of nitrogens with zero attached hydrogens (tertiary/aromatic N) is 1. The van der Waals surface area contributed by atoms with Crippen LogP contribution >= 0.6 is 22.9 Å². The van der Waals surface area contributed by atoms with Gasteiger partial charge in [-0.3, -0.25) is 4.79 Å². The molecule has 0 aliphatic heterocycles. The summed E-state index contributed by atoms with van der Waals surface area (Å²) in [6, 6.07) is 19.0. The monoisotopic (exact) mass is 382 g/mol. The van der Waals surface area contributed by atoms with Gasteiger partial charge in [-0.05, 0) is 42.0 Å². The molecule has 1 N–H and O–H groups in total. The van der Waals surface area contributed by atoms with Crippen molar-refractivity contribution in [3.63, 3.8) is 0 Å². The van der Waals surface area contributed by atoms with Gasteiger partial charge in [0, 0.05) is 5.02 Å². The highest BCUT2D eigenvalue weighted by atomic mass is 35.5. The lowest BCUT2D eigenvalue weighted by Crippen LogP contribution is -2.24. The Morgan fingerprint density at radius 1 is 1.08 bits per heavy atom. The molecular weight excluding hydrogens is 368 g/mol. The zero-order valence-corrected chi connectivity index (χ0v) is 15.3. The number of carbonyl (C=O) groups excluding carboxylic acids is 1. The molecule has 4 nitrogen and oxygen atoms in total. The lowest BCUT2D eigenvalue weighted by atomic mass is 10.1. The van der Waals surface area contributed by atoms with Crippen molar-refractivity contribution in [1.82, 2.24) is 10.3 Å². The van der Waals surface area contributed by atoms with E-state index in [2.05, 4.69) is 10.3 Å². The highest BCUT2D eigenvalue weighted by Crippen LogP contribution is 2.31. The van der Waals surface area contributed by atoms with E-state index in [1.54, 1.807) is 23.5 Å². The van der Waals surface area contributed by atoms with Crippen LogP contribution in [0.1, 0.15) is 11.3 Å². The fraction of sp³-hybridized carbons (Fsp3) is 0.100. The molecule has 0 aliphatic carbocycles. The third-order valence-electron chi connectivity index (χ3n) is 3.90. The van der Waals surface area contributed by atoms with Gasteiger partial charge in [-0.1, -0.05) is 35.9 Å². The van der Waals surface area contributed by atoms with Gasteiger partial charge in [-0.25, -0.2) is 4.98 Å². The van der Waals surface area contributed by atoms with Gasteiger partial charge in [-0.2, -0.15) is 0 Å². The van der Waals surface area contributed by atoms with E-state index in [9.17, 15) is 4.79 Å². The van der Waals surface area contributed by atoms with Gasteiger partial charge in [0.15, 0.2) is 10.8 Å². The first-order valence-electron chi connectivity index (χ1n) is 8.13. The average molecular weight is 383 g/mol. The van der Waals surface area contributed by atoms with Crippen molar-refractivity contribution >= 4 is 39.1 Å². The first-order chi connectivity index (χ1) is 12.7. The Kier molecular flexibility index (Phi) is 4.73. The van der Waals surface area contributed by atoms with Crippen molar-refractivity contribution in [2.45, 2.75) is 13.0 Å². The van der Waals surface area contributed by atoms with Crippen LogP contribution in [0.2, 0.25) is 5.02 Å². The molecule has 130 valence electrons. The summed E-state index contributed by atoms with van der Waals surface area (Å²) in [6.45, 7) is 0.345. The molecule has 0 saturated heterocycles. The summed E-state index contributed by atoms with van der Waals surface area (Å²) in [5, 5.41) is 4.37. The summed E-state index contributed by atoms with van der Waals surface area (Å²) >= 11 is 7.44. The number of furan rings is 1. The van der Waals surface area contributed by atoms with E-state index in [1.807, 2.05) is 48.5 Å². The second-order valence-corrected chi connectivity index (χ2v) is 7.30. The number of benzene rings is 2. The number of thiazole rings is 1. The number of amides is 1. The minimum Gasteiger partial charge on any atom is -0.457 e. The predicted molar refractivity (Wildman–Crippen MR) is 104 cm³/mol. The van der Waals surface area contributed by atoms with Crippen molar-refractivity contribution in [2.24, 2.45) is 0 Å². The van der Waals surface area contributed by atoms with Gasteiger partial charge in [0.2, 0.25) is 5.91 Å². The minimum absolute atomic E-state index is 0.0646. The van der Waals surface area contributed by atoms with Crippen LogP contribution in [0, 0.1) is 0 Å². The van der Waals surface area contributed by atoms with E-state index in [0.717, 1.165) is 20.8 Å². The van der Waals surface area contributed by atoms with E-state index in [0.29, 0.717) is 29.5 Å². The summed E-state index contributed by atoms with van der Waals surface area (Å²) in [7, 11) is 0. The number of halogens is 1. The third kappa shape index (κ3) is 3.79. The van der Waals surface area contributed by atoms with Crippen LogP contribution in [0.15, 0.2) is 65.1 Å². The predicted octanol–water partition coefficient (Wildman–Crippen LogP) is 5.07. The Morgan fingerprint density at radius 2 is 1.88 bits per heavy atom. The Labute approximate surface area is 159 Å². The van der Waals surface area contributed by atoms with Crippen molar-refractivity contribution < 1.29 is 9.21 Å². The molecule has 2 aromatic carbocycles. The number of rotatable bonds is 5. The highest BCUT2D eigenvalue weighted by Gasteiger charge is 2.11. The van der Waals surface area contributed by atoms with Crippen LogP contribution in [0.25, 0.3) is 21.0 Å². The van der Waals surface area contributed by atoms with Crippen LogP contribution in [0.5, 0.6) is 0 Å². The van der Waals surface area contributed by atoms with Crippen LogP contribution in [-0.2, 0) is 17.8 Å². The third-order valence-corrected chi connectivity index (χ3v) is 5.21. The number of hydrogen-bond donors (Lipinski definition) is 1. The lowest BCUT2D eigenvalue weighted by Gasteiger charge is -2.03. The maximum Gasteiger partial charge on any atom is 0.224 e. The molecule has 0 atom stereocenters. The van der Waals surface area contributed by atoms with Crippen LogP contribution in [0.4, 0.5) is 0 Å². The van der Waals surface area contributed by atoms with E-state index in [-0.39, 0.29) is 5.91 Å². The molecule has 0 aliphatic rings. The molecule has 0 spiro atoms. The first kappa shape index (κ1) is 16.8. The molecule has 0 radical (unpaired) electrons. The van der Waals surface area contributed by atoms with Crippen molar-refractivity contribution in [1.29, 1.82) is 0 Å². The molecule has 2 heterocycles. The molecular formula is C20H15ClN2O2S. The summed E-state index contributed by atoms with van der Waals surface area (Å²) in [6.07, 6.45) is 0.308. The summed E-state index contributed by atoms with van der Waals surface area (Å²) in [5.41, 5.74) is 1.88. The molecule has 0 bridgehead atoms. The van der Waals surface area contributed by atoms with Crippen molar-refractivity contribution in [3.8, 4) is 10.8 Å². The second-order valence-electron chi connectivity index (χ2n) is 5.83. The number of fused-ring (bicyclic) bond motifs is 1. The molecule has 2 aromatic heterocycles. The van der Waals surface area contributed by atoms with Gasteiger partial charge in [0.05, 0.1) is 23.2 Å². The number of carbonyl (C=O) groups is 1. The molecule has 4 aromatic rings. The molecule has 6 heteroatoms. The Hall–Kier alpha value is -2.63. The molecule has 26 heavy (non-hydrogen) atoms. The fourth-order valence-electron chi connectivity index (χ4n) is 2.60. The highest BCUT2D eigenvalue weighted by molar-refractivity contribution is 7.21. The summed E-state index contributed by atoms with van der Waals surface area (Å²) in [4.78, 5) is 16.6. The SMILES string of the molecule is O=C(Cc1ccc(Cl)cc1)NCc1ccc(-c2nc3ccccc3s2)o1. The Morgan fingerprint density at radius 3 is 2.69 bits per heavy atom. The topological polar surface area (TPSA) is 55.1 Å². The van der Waals surface area contributed by atoms with Crippen molar-refractivity contribution in [3.05, 3.63) is 77.0 Å². The Bertz CT molecular complexity index is 1020. The van der Waals surface area contributed by atoms with Crippen LogP contribution < -0.4 is 5.32 Å². The standard InChI is InChI=1S/C20H15ClN2O2S/c21-14-7-5-13(6-8-14)11-19(24)22-12-15-9-10-17(25-15)20-23-16-3-1-2-4-18(16)26-20/h1-10H,11-12H2,(H,22,24). The van der Waals surface area contributed by atoms with E-state index in [1.165, 1.54) is 0 Å². The van der Waals surface area contributed by atoms with Gasteiger partial charge in [0.1, 0.15) is 5.76 Å². The quantitative estimate of drug-likeness (QED) is 0.524. The fourth-order valence-corrected chi connectivity index (χ4v) is 3.65. The van der Waals surface area contributed by atoms with Gasteiger partial charge >= 0.3 is 0 Å². The van der Waals surface area contributed by atoms with Crippen LogP contribution in [-0.4, -0.2) is 10.9 Å². The first-order valence-corrected chi connectivity index (χ1v) is 9.32. The van der Waals surface area contributed by atoms with Gasteiger partial charge < -0.3 is 9.73 Å². The molecule has 0 saturated carbocycles. The zero-order chi connectivity index (χ0) is 17.9. The zero-order valence-electron chi connectivity index (χ0n) is 13.7. The number of hydrogen-bond acceptors (Lipinski definition) is 4. The summed E-state index contributed by atoms with van der Waals surface area (Å²) in [5.74, 6) is 1.35. The van der Waals surface area contributed by atoms with Gasteiger partial charge in [-0.15, -0.1) is 11.3 Å². The smallest absolute Gasteiger partial charge is 0.224 e. The summed E-state index contributed by atoms with van der Waals surface area (Å²) < 4.78 is 6.95. The molecule has 1 amide bonds. The molecule has 0 unspecified atom stereocenters. The number of aromatic nitrogens is 1. The molecule has 4 rings (SSSR count). The second kappa shape index (κ2) is 7.32. The number of para-hydroxylation sites is 1. The molecule has 0 fully saturated rings. The van der Waals surface area contributed by atoms with E-state index in [4.69, 9.17) is 16.0 Å². The minimum atomic E-state index is -0.0646. The number of nitrogens with one attached hydrogen (secondary N) is 1. The van der Waals surface area contributed by atoms with Crippen LogP contribution in [0.3, 0.4) is 0 Å². The maximum atomic E-state index is 12.1. The van der Waals surface area contributed by atoms with Gasteiger partial charge in [0.25, 0.3) is 0 Å². The van der Waals surface area contributed by atoms with E-state index < -0.39 is 0 Å². The largest absolute Gasteiger partial charge is 0.457 e. The normalized spacial score (nSPS) is 11.0.